The Labute approximate surface area is 77.9 Å². The van der Waals surface area contributed by atoms with Crippen molar-refractivity contribution in [3.05, 3.63) is 0 Å². The second-order valence-electron chi connectivity index (χ2n) is 3.88. The van der Waals surface area contributed by atoms with Gasteiger partial charge < -0.3 is 10.4 Å². The molecule has 13 heavy (non-hydrogen) atoms. The molecule has 2 N–H and O–H groups in total. The van der Waals surface area contributed by atoms with E-state index in [9.17, 15) is 4.79 Å². The maximum atomic E-state index is 10.9. The van der Waals surface area contributed by atoms with Crippen molar-refractivity contribution in [2.45, 2.75) is 31.3 Å². The molecule has 2 atom stereocenters. The van der Waals surface area contributed by atoms with Gasteiger partial charge in [0, 0.05) is 25.7 Å². The summed E-state index contributed by atoms with van der Waals surface area (Å²) in [5.41, 5.74) is 0. The molecule has 4 heteroatoms. The van der Waals surface area contributed by atoms with E-state index < -0.39 is 5.97 Å². The minimum atomic E-state index is -0.647. The van der Waals surface area contributed by atoms with Crippen molar-refractivity contribution in [3.8, 4) is 0 Å². The number of nitrogens with one attached hydrogen (secondary N) is 1. The van der Waals surface area contributed by atoms with E-state index in [1.165, 1.54) is 0 Å². The predicted octanol–water partition coefficient (Wildman–Crippen LogP) is -0.103. The molecule has 2 saturated heterocycles. The van der Waals surface area contributed by atoms with Crippen LogP contribution in [0.1, 0.15) is 19.3 Å². The molecule has 0 aromatic rings. The molecular weight excluding hydrogens is 168 g/mol. The fourth-order valence-electron chi connectivity index (χ4n) is 2.43. The van der Waals surface area contributed by atoms with E-state index in [-0.39, 0.29) is 6.04 Å². The number of rotatable bonds is 1. The second-order valence-corrected chi connectivity index (χ2v) is 3.88. The summed E-state index contributed by atoms with van der Waals surface area (Å²) < 4.78 is 0. The SMILES string of the molecule is O=C(O)C1CCCC2CNCCN21. The van der Waals surface area contributed by atoms with E-state index in [0.717, 1.165) is 38.9 Å². The lowest BCUT2D eigenvalue weighted by atomic mass is 9.94. The summed E-state index contributed by atoms with van der Waals surface area (Å²) in [7, 11) is 0. The van der Waals surface area contributed by atoms with Gasteiger partial charge in [-0.05, 0) is 19.3 Å². The molecule has 2 unspecified atom stereocenters. The molecule has 2 aliphatic rings. The highest BCUT2D eigenvalue weighted by molar-refractivity contribution is 5.73. The largest absolute Gasteiger partial charge is 0.480 e. The summed E-state index contributed by atoms with van der Waals surface area (Å²) in [5, 5.41) is 12.3. The van der Waals surface area contributed by atoms with E-state index in [4.69, 9.17) is 5.11 Å². The van der Waals surface area contributed by atoms with Gasteiger partial charge in [-0.3, -0.25) is 9.69 Å². The number of carboxylic acids is 1. The summed E-state index contributed by atoms with van der Waals surface area (Å²) >= 11 is 0. The van der Waals surface area contributed by atoms with Crippen molar-refractivity contribution in [3.63, 3.8) is 0 Å². The molecule has 0 aromatic carbocycles. The standard InChI is InChI=1S/C9H16N2O2/c12-9(13)8-3-1-2-7-6-10-4-5-11(7)8/h7-8,10H,1-6H2,(H,12,13). The number of aliphatic carboxylic acids is 1. The molecule has 0 aromatic heterocycles. The first-order valence-corrected chi connectivity index (χ1v) is 4.98. The van der Waals surface area contributed by atoms with Crippen molar-refractivity contribution < 1.29 is 9.90 Å². The highest BCUT2D eigenvalue weighted by Gasteiger charge is 2.35. The summed E-state index contributed by atoms with van der Waals surface area (Å²) in [4.78, 5) is 13.1. The van der Waals surface area contributed by atoms with Gasteiger partial charge in [0.15, 0.2) is 0 Å². The van der Waals surface area contributed by atoms with Crippen LogP contribution in [0, 0.1) is 0 Å². The fourth-order valence-corrected chi connectivity index (χ4v) is 2.43. The molecular formula is C9H16N2O2. The Bertz CT molecular complexity index is 206. The van der Waals surface area contributed by atoms with E-state index in [1.807, 2.05) is 0 Å². The van der Waals surface area contributed by atoms with E-state index in [2.05, 4.69) is 10.2 Å². The molecule has 0 aliphatic carbocycles. The third kappa shape index (κ3) is 1.69. The average molecular weight is 184 g/mol. The molecule has 2 aliphatic heterocycles. The lowest BCUT2D eigenvalue weighted by Crippen LogP contribution is -2.59. The van der Waals surface area contributed by atoms with Crippen LogP contribution >= 0.6 is 0 Å². The summed E-state index contributed by atoms with van der Waals surface area (Å²) in [6.07, 6.45) is 3.03. The Hall–Kier alpha value is -0.610. The molecule has 0 saturated carbocycles. The van der Waals surface area contributed by atoms with Gasteiger partial charge in [-0.15, -0.1) is 0 Å². The van der Waals surface area contributed by atoms with Crippen LogP contribution in [0.25, 0.3) is 0 Å². The minimum absolute atomic E-state index is 0.221. The average Bonchev–Trinajstić information content (AvgIpc) is 2.17. The van der Waals surface area contributed by atoms with Gasteiger partial charge in [-0.25, -0.2) is 0 Å². The van der Waals surface area contributed by atoms with Crippen LogP contribution in [0.2, 0.25) is 0 Å². The lowest BCUT2D eigenvalue weighted by molar-refractivity contribution is -0.146. The first kappa shape index (κ1) is 8.97. The maximum absolute atomic E-state index is 10.9. The zero-order valence-electron chi connectivity index (χ0n) is 7.70. The highest BCUT2D eigenvalue weighted by Crippen LogP contribution is 2.23. The van der Waals surface area contributed by atoms with Crippen molar-refractivity contribution in [2.75, 3.05) is 19.6 Å². The van der Waals surface area contributed by atoms with Gasteiger partial charge in [-0.2, -0.15) is 0 Å². The van der Waals surface area contributed by atoms with Crippen LogP contribution in [0.15, 0.2) is 0 Å². The number of fused-ring (bicyclic) bond motifs is 1. The van der Waals surface area contributed by atoms with E-state index in [1.54, 1.807) is 0 Å². The molecule has 2 rings (SSSR count). The molecule has 0 radical (unpaired) electrons. The number of piperidine rings is 1. The second kappa shape index (κ2) is 3.64. The van der Waals surface area contributed by atoms with Gasteiger partial charge >= 0.3 is 5.97 Å². The van der Waals surface area contributed by atoms with Gasteiger partial charge in [0.05, 0.1) is 0 Å². The quantitative estimate of drug-likeness (QED) is 0.597. The van der Waals surface area contributed by atoms with Crippen LogP contribution in [0.3, 0.4) is 0 Å². The van der Waals surface area contributed by atoms with E-state index in [0.29, 0.717) is 6.04 Å². The molecule has 0 bridgehead atoms. The number of carboxylic acid groups (broad SMARTS) is 1. The predicted molar refractivity (Wildman–Crippen MR) is 48.6 cm³/mol. The highest BCUT2D eigenvalue weighted by atomic mass is 16.4. The number of hydrogen-bond donors (Lipinski definition) is 2. The first-order chi connectivity index (χ1) is 6.29. The van der Waals surface area contributed by atoms with Crippen LogP contribution in [-0.2, 0) is 4.79 Å². The van der Waals surface area contributed by atoms with Crippen molar-refractivity contribution in [1.82, 2.24) is 10.2 Å². The Balaban J connectivity index is 2.06. The Morgan fingerprint density at radius 2 is 2.31 bits per heavy atom. The zero-order valence-corrected chi connectivity index (χ0v) is 7.70. The monoisotopic (exact) mass is 184 g/mol. The summed E-state index contributed by atoms with van der Waals surface area (Å²) in [6, 6.07) is 0.240. The molecule has 74 valence electrons. The third-order valence-corrected chi connectivity index (χ3v) is 3.10. The smallest absolute Gasteiger partial charge is 0.320 e. The number of nitrogens with zero attached hydrogens (tertiary/aromatic N) is 1. The van der Waals surface area contributed by atoms with Crippen LogP contribution in [-0.4, -0.2) is 47.7 Å². The zero-order chi connectivity index (χ0) is 9.26. The number of carbonyl (C=O) groups is 1. The van der Waals surface area contributed by atoms with Gasteiger partial charge in [0.25, 0.3) is 0 Å². The Kier molecular flexibility index (Phi) is 2.51. The number of hydrogen-bond acceptors (Lipinski definition) is 3. The van der Waals surface area contributed by atoms with Crippen molar-refractivity contribution in [1.29, 1.82) is 0 Å². The third-order valence-electron chi connectivity index (χ3n) is 3.10. The minimum Gasteiger partial charge on any atom is -0.480 e. The van der Waals surface area contributed by atoms with Gasteiger partial charge in [0.2, 0.25) is 0 Å². The van der Waals surface area contributed by atoms with Crippen molar-refractivity contribution >= 4 is 5.97 Å². The van der Waals surface area contributed by atoms with Gasteiger partial charge in [0.1, 0.15) is 6.04 Å². The maximum Gasteiger partial charge on any atom is 0.320 e. The molecule has 2 heterocycles. The summed E-state index contributed by atoms with van der Waals surface area (Å²) in [5.74, 6) is -0.647. The fraction of sp³-hybridized carbons (Fsp3) is 0.889. The topological polar surface area (TPSA) is 52.6 Å². The van der Waals surface area contributed by atoms with E-state index >= 15 is 0 Å². The Morgan fingerprint density at radius 3 is 3.08 bits per heavy atom. The number of piperazine rings is 1. The van der Waals surface area contributed by atoms with Crippen LogP contribution < -0.4 is 5.32 Å². The molecule has 0 spiro atoms. The molecule has 4 nitrogen and oxygen atoms in total. The molecule has 0 amide bonds. The lowest BCUT2D eigenvalue weighted by Gasteiger charge is -2.43. The summed E-state index contributed by atoms with van der Waals surface area (Å²) in [6.45, 7) is 2.78. The van der Waals surface area contributed by atoms with Crippen LogP contribution in [0.5, 0.6) is 0 Å². The normalized spacial score (nSPS) is 35.4. The van der Waals surface area contributed by atoms with Crippen LogP contribution in [0.4, 0.5) is 0 Å². The van der Waals surface area contributed by atoms with Crippen molar-refractivity contribution in [2.24, 2.45) is 0 Å². The molecule has 2 fully saturated rings. The first-order valence-electron chi connectivity index (χ1n) is 4.98. The Morgan fingerprint density at radius 1 is 1.46 bits per heavy atom. The van der Waals surface area contributed by atoms with Gasteiger partial charge in [-0.1, -0.05) is 0 Å².